The van der Waals surface area contributed by atoms with Gasteiger partial charge in [0, 0.05) is 16.3 Å². The smallest absolute Gasteiger partial charge is 0.0547 e. The SMILES string of the molecule is c1ccc2c(c1)-c1cc3c4ccccc4c4ccccc4c3cc1-c1cccc(-n3c4ccccc4c4ccccc43)c1-c1ccccc1-2. The Morgan fingerprint density at radius 2 is 0.612 bits per heavy atom. The van der Waals surface area contributed by atoms with Crippen LogP contribution in [0.1, 0.15) is 0 Å². The topological polar surface area (TPSA) is 4.93 Å². The summed E-state index contributed by atoms with van der Waals surface area (Å²) in [4.78, 5) is 0. The van der Waals surface area contributed by atoms with Gasteiger partial charge in [0.2, 0.25) is 0 Å². The molecule has 1 aliphatic carbocycles. The van der Waals surface area contributed by atoms with E-state index in [1.807, 2.05) is 0 Å². The lowest BCUT2D eigenvalue weighted by molar-refractivity contribution is 1.18. The van der Waals surface area contributed by atoms with Crippen molar-refractivity contribution in [2.24, 2.45) is 0 Å². The van der Waals surface area contributed by atoms with Crippen molar-refractivity contribution in [3.05, 3.63) is 176 Å². The first-order valence-electron chi connectivity index (χ1n) is 17.0. The molecule has 1 aromatic heterocycles. The second-order valence-electron chi connectivity index (χ2n) is 13.2. The van der Waals surface area contributed by atoms with E-state index in [1.54, 1.807) is 0 Å². The largest absolute Gasteiger partial charge is 0.309 e. The summed E-state index contributed by atoms with van der Waals surface area (Å²) in [6.07, 6.45) is 0. The molecule has 0 aliphatic heterocycles. The summed E-state index contributed by atoms with van der Waals surface area (Å²) in [6.45, 7) is 0. The van der Waals surface area contributed by atoms with E-state index in [0.717, 1.165) is 0 Å². The van der Waals surface area contributed by atoms with E-state index in [2.05, 4.69) is 180 Å². The summed E-state index contributed by atoms with van der Waals surface area (Å²) in [5.74, 6) is 0. The van der Waals surface area contributed by atoms with Gasteiger partial charge in [0.1, 0.15) is 0 Å². The number of hydrogen-bond donors (Lipinski definition) is 0. The minimum absolute atomic E-state index is 1.19. The van der Waals surface area contributed by atoms with E-state index in [-0.39, 0.29) is 0 Å². The van der Waals surface area contributed by atoms with Crippen LogP contribution in [0.15, 0.2) is 176 Å². The van der Waals surface area contributed by atoms with E-state index >= 15 is 0 Å². The quantitative estimate of drug-likeness (QED) is 0.161. The van der Waals surface area contributed by atoms with E-state index in [1.165, 1.54) is 104 Å². The number of hydrogen-bond acceptors (Lipinski definition) is 0. The Kier molecular flexibility index (Phi) is 5.45. The van der Waals surface area contributed by atoms with Crippen LogP contribution >= 0.6 is 0 Å². The number of fused-ring (bicyclic) bond motifs is 17. The maximum absolute atomic E-state index is 2.48. The minimum atomic E-state index is 1.19. The summed E-state index contributed by atoms with van der Waals surface area (Å²) in [5.41, 5.74) is 13.7. The van der Waals surface area contributed by atoms with Gasteiger partial charge in [-0.05, 0) is 102 Å². The van der Waals surface area contributed by atoms with Crippen LogP contribution in [-0.2, 0) is 0 Å². The molecule has 49 heavy (non-hydrogen) atoms. The van der Waals surface area contributed by atoms with Gasteiger partial charge in [0.05, 0.1) is 16.7 Å². The molecule has 0 saturated heterocycles. The van der Waals surface area contributed by atoms with Crippen molar-refractivity contribution in [2.45, 2.75) is 0 Å². The Hall–Kier alpha value is -6.44. The van der Waals surface area contributed by atoms with Crippen molar-refractivity contribution in [1.29, 1.82) is 0 Å². The van der Waals surface area contributed by atoms with Crippen LogP contribution in [0.25, 0.3) is 104 Å². The minimum Gasteiger partial charge on any atom is -0.309 e. The van der Waals surface area contributed by atoms with Crippen molar-refractivity contribution < 1.29 is 0 Å². The zero-order valence-electron chi connectivity index (χ0n) is 26.7. The molecular weight excluding hydrogens is 591 g/mol. The Morgan fingerprint density at radius 3 is 1.16 bits per heavy atom. The highest BCUT2D eigenvalue weighted by Crippen LogP contribution is 2.52. The lowest BCUT2D eigenvalue weighted by Crippen LogP contribution is -2.03. The maximum Gasteiger partial charge on any atom is 0.0547 e. The van der Waals surface area contributed by atoms with Gasteiger partial charge >= 0.3 is 0 Å². The monoisotopic (exact) mass is 619 g/mol. The molecule has 0 spiro atoms. The van der Waals surface area contributed by atoms with Gasteiger partial charge in [-0.25, -0.2) is 0 Å². The van der Waals surface area contributed by atoms with Crippen LogP contribution in [0.5, 0.6) is 0 Å². The highest BCUT2D eigenvalue weighted by molar-refractivity contribution is 6.27. The van der Waals surface area contributed by atoms with E-state index in [0.29, 0.717) is 0 Å². The first-order chi connectivity index (χ1) is 24.3. The molecule has 0 bridgehead atoms. The van der Waals surface area contributed by atoms with Gasteiger partial charge in [-0.15, -0.1) is 0 Å². The fourth-order valence-corrected chi connectivity index (χ4v) is 8.70. The van der Waals surface area contributed by atoms with Gasteiger partial charge in [-0.1, -0.05) is 146 Å². The molecule has 226 valence electrons. The number of nitrogens with zero attached hydrogens (tertiary/aromatic N) is 1. The van der Waals surface area contributed by atoms with Gasteiger partial charge < -0.3 is 4.57 Å². The van der Waals surface area contributed by atoms with E-state index in [4.69, 9.17) is 0 Å². The van der Waals surface area contributed by atoms with E-state index in [9.17, 15) is 0 Å². The third-order valence-corrected chi connectivity index (χ3v) is 10.7. The summed E-state index contributed by atoms with van der Waals surface area (Å²) in [5, 5.41) is 10.3. The highest BCUT2D eigenvalue weighted by Gasteiger charge is 2.26. The molecule has 0 unspecified atom stereocenters. The second kappa shape index (κ2) is 10.0. The first kappa shape index (κ1) is 26.6. The van der Waals surface area contributed by atoms with Crippen LogP contribution in [0.2, 0.25) is 0 Å². The van der Waals surface area contributed by atoms with Gasteiger partial charge in [0.25, 0.3) is 0 Å². The molecule has 0 atom stereocenters. The van der Waals surface area contributed by atoms with Crippen LogP contribution in [-0.4, -0.2) is 4.57 Å². The normalized spacial score (nSPS) is 12.1. The van der Waals surface area contributed by atoms with Crippen molar-refractivity contribution in [3.63, 3.8) is 0 Å². The number of benzene rings is 9. The molecule has 0 saturated carbocycles. The molecule has 1 heterocycles. The van der Waals surface area contributed by atoms with Crippen molar-refractivity contribution >= 4 is 54.1 Å². The number of rotatable bonds is 1. The second-order valence-corrected chi connectivity index (χ2v) is 13.2. The van der Waals surface area contributed by atoms with E-state index < -0.39 is 0 Å². The predicted molar refractivity (Wildman–Crippen MR) is 209 cm³/mol. The molecule has 1 nitrogen and oxygen atoms in total. The molecule has 0 amide bonds. The Balaban J connectivity index is 1.36. The predicted octanol–water partition coefficient (Wildman–Crippen LogP) is 13.2. The maximum atomic E-state index is 2.48. The standard InChI is InChI=1S/C48H29N/c1-4-18-34-30(14-1)31-15-2-5-19-35(31)42-29-44-40-24-13-27-47(49-45-25-11-9-21-37(45)38-22-10-12-26-46(38)49)48(40)39-23-8-7-17-33(39)32-16-3-6-20-36(32)43(44)28-41(34)42/h1-29H. The zero-order valence-corrected chi connectivity index (χ0v) is 26.7. The van der Waals surface area contributed by atoms with Crippen molar-refractivity contribution in [3.8, 4) is 50.2 Å². The molecule has 9 aromatic carbocycles. The molecule has 11 rings (SSSR count). The fraction of sp³-hybridized carbons (Fsp3) is 0. The fourth-order valence-electron chi connectivity index (χ4n) is 8.70. The van der Waals surface area contributed by atoms with Crippen LogP contribution in [0.3, 0.4) is 0 Å². The van der Waals surface area contributed by atoms with Gasteiger partial charge in [0.15, 0.2) is 0 Å². The van der Waals surface area contributed by atoms with Crippen LogP contribution in [0.4, 0.5) is 0 Å². The molecular formula is C48H29N. The summed E-state index contributed by atoms with van der Waals surface area (Å²) < 4.78 is 2.48. The molecule has 1 aliphatic rings. The zero-order chi connectivity index (χ0) is 32.1. The molecule has 1 heteroatoms. The average molecular weight is 620 g/mol. The Bertz CT molecular complexity index is 2940. The lowest BCUT2D eigenvalue weighted by atomic mass is 9.79. The Labute approximate surface area is 283 Å². The Morgan fingerprint density at radius 1 is 0.245 bits per heavy atom. The third-order valence-electron chi connectivity index (χ3n) is 10.7. The highest BCUT2D eigenvalue weighted by atomic mass is 15.0. The average Bonchev–Trinajstić information content (AvgIpc) is 3.51. The summed E-state index contributed by atoms with van der Waals surface area (Å²) in [7, 11) is 0. The lowest BCUT2D eigenvalue weighted by Gasteiger charge is -2.26. The molecule has 0 radical (unpaired) electrons. The summed E-state index contributed by atoms with van der Waals surface area (Å²) in [6, 6.07) is 65.2. The third kappa shape index (κ3) is 3.65. The van der Waals surface area contributed by atoms with Crippen molar-refractivity contribution in [2.75, 3.05) is 0 Å². The molecule has 0 fully saturated rings. The van der Waals surface area contributed by atoms with Crippen molar-refractivity contribution in [1.82, 2.24) is 4.57 Å². The summed E-state index contributed by atoms with van der Waals surface area (Å²) >= 11 is 0. The van der Waals surface area contributed by atoms with Crippen LogP contribution in [0, 0.1) is 0 Å². The number of para-hydroxylation sites is 2. The molecule has 0 N–H and O–H groups in total. The van der Waals surface area contributed by atoms with Crippen LogP contribution < -0.4 is 0 Å². The number of aromatic nitrogens is 1. The molecule has 10 aromatic rings. The van der Waals surface area contributed by atoms with Gasteiger partial charge in [-0.3, -0.25) is 0 Å². The first-order valence-corrected chi connectivity index (χ1v) is 17.0. The van der Waals surface area contributed by atoms with Gasteiger partial charge in [-0.2, -0.15) is 0 Å².